The summed E-state index contributed by atoms with van der Waals surface area (Å²) in [7, 11) is 0. The molecule has 2 aromatic heterocycles. The van der Waals surface area contributed by atoms with Crippen molar-refractivity contribution in [1.82, 2.24) is 19.7 Å². The molecular formula is C16H15IN6. The highest BCUT2D eigenvalue weighted by atomic mass is 127. The van der Waals surface area contributed by atoms with Crippen molar-refractivity contribution in [2.75, 3.05) is 5.43 Å². The summed E-state index contributed by atoms with van der Waals surface area (Å²) in [6.45, 7) is 3.94. The second-order valence-electron chi connectivity index (χ2n) is 5.04. The maximum absolute atomic E-state index is 4.38. The van der Waals surface area contributed by atoms with Crippen LogP contribution in [0.1, 0.15) is 18.1 Å². The summed E-state index contributed by atoms with van der Waals surface area (Å²) in [5.41, 5.74) is 5.99. The van der Waals surface area contributed by atoms with Gasteiger partial charge in [0.15, 0.2) is 11.6 Å². The zero-order chi connectivity index (χ0) is 16.2. The van der Waals surface area contributed by atoms with Crippen molar-refractivity contribution in [3.8, 4) is 5.82 Å². The summed E-state index contributed by atoms with van der Waals surface area (Å²) < 4.78 is 2.90. The van der Waals surface area contributed by atoms with Crippen LogP contribution < -0.4 is 5.43 Å². The average Bonchev–Trinajstić information content (AvgIpc) is 3.00. The Morgan fingerprint density at radius 2 is 2.00 bits per heavy atom. The second-order valence-corrected chi connectivity index (χ2v) is 6.29. The van der Waals surface area contributed by atoms with E-state index < -0.39 is 0 Å². The van der Waals surface area contributed by atoms with E-state index in [4.69, 9.17) is 0 Å². The quantitative estimate of drug-likeness (QED) is 0.401. The lowest BCUT2D eigenvalue weighted by atomic mass is 10.1. The van der Waals surface area contributed by atoms with Crippen molar-refractivity contribution in [3.63, 3.8) is 0 Å². The molecule has 0 saturated carbocycles. The van der Waals surface area contributed by atoms with E-state index in [9.17, 15) is 0 Å². The maximum Gasteiger partial charge on any atom is 0.158 e. The van der Waals surface area contributed by atoms with Gasteiger partial charge < -0.3 is 0 Å². The van der Waals surface area contributed by atoms with Gasteiger partial charge in [0.2, 0.25) is 0 Å². The van der Waals surface area contributed by atoms with Crippen molar-refractivity contribution in [1.29, 1.82) is 0 Å². The van der Waals surface area contributed by atoms with Crippen LogP contribution in [0.15, 0.2) is 54.2 Å². The van der Waals surface area contributed by atoms with E-state index in [1.54, 1.807) is 16.9 Å². The standard InChI is InChI=1S/C16H15IN6/c1-11-8-20-23(9-11)16-7-15(18-10-19-16)22-21-12(2)13-3-5-14(17)6-4-13/h3-10H,1-2H3,(H,18,19,22). The maximum atomic E-state index is 4.38. The van der Waals surface area contributed by atoms with Gasteiger partial charge in [0.25, 0.3) is 0 Å². The van der Waals surface area contributed by atoms with Gasteiger partial charge in [-0.15, -0.1) is 0 Å². The monoisotopic (exact) mass is 418 g/mol. The first-order valence-electron chi connectivity index (χ1n) is 7.02. The molecule has 0 aliphatic carbocycles. The lowest BCUT2D eigenvalue weighted by molar-refractivity contribution is 0.839. The van der Waals surface area contributed by atoms with Crippen LogP contribution in [-0.4, -0.2) is 25.5 Å². The Bertz CT molecular complexity index is 838. The Morgan fingerprint density at radius 1 is 1.22 bits per heavy atom. The molecule has 0 radical (unpaired) electrons. The van der Waals surface area contributed by atoms with Crippen LogP contribution in [0.25, 0.3) is 5.82 Å². The molecule has 0 aliphatic rings. The molecule has 1 N–H and O–H groups in total. The van der Waals surface area contributed by atoms with Crippen molar-refractivity contribution in [2.24, 2.45) is 5.10 Å². The molecule has 0 atom stereocenters. The van der Waals surface area contributed by atoms with Crippen LogP contribution in [0.2, 0.25) is 0 Å². The number of hydrogen-bond donors (Lipinski definition) is 1. The topological polar surface area (TPSA) is 68.0 Å². The number of rotatable bonds is 4. The van der Waals surface area contributed by atoms with Crippen molar-refractivity contribution in [3.05, 3.63) is 63.7 Å². The Hall–Kier alpha value is -2.29. The van der Waals surface area contributed by atoms with Gasteiger partial charge in [0, 0.05) is 15.8 Å². The number of halogens is 1. The molecule has 0 saturated heterocycles. The lowest BCUT2D eigenvalue weighted by Crippen LogP contribution is -2.03. The van der Waals surface area contributed by atoms with Crippen LogP contribution >= 0.6 is 22.6 Å². The van der Waals surface area contributed by atoms with Gasteiger partial charge in [-0.3, -0.25) is 5.43 Å². The molecule has 23 heavy (non-hydrogen) atoms. The molecule has 6 nitrogen and oxygen atoms in total. The molecular weight excluding hydrogens is 403 g/mol. The van der Waals surface area contributed by atoms with E-state index in [1.807, 2.05) is 32.2 Å². The van der Waals surface area contributed by atoms with Crippen LogP contribution in [0.4, 0.5) is 5.82 Å². The van der Waals surface area contributed by atoms with E-state index in [1.165, 1.54) is 9.90 Å². The molecule has 0 amide bonds. The Morgan fingerprint density at radius 3 is 2.70 bits per heavy atom. The summed E-state index contributed by atoms with van der Waals surface area (Å²) in [5, 5.41) is 8.62. The Kier molecular flexibility index (Phi) is 4.65. The molecule has 0 spiro atoms. The average molecular weight is 418 g/mol. The van der Waals surface area contributed by atoms with Gasteiger partial charge in [-0.2, -0.15) is 10.2 Å². The first kappa shape index (κ1) is 15.6. The number of aryl methyl sites for hydroxylation is 1. The molecule has 0 unspecified atom stereocenters. The second kappa shape index (κ2) is 6.86. The van der Waals surface area contributed by atoms with Gasteiger partial charge in [0.1, 0.15) is 6.33 Å². The largest absolute Gasteiger partial charge is 0.261 e. The number of aromatic nitrogens is 4. The predicted octanol–water partition coefficient (Wildman–Crippen LogP) is 3.41. The molecule has 0 fully saturated rings. The van der Waals surface area contributed by atoms with E-state index in [0.717, 1.165) is 16.8 Å². The lowest BCUT2D eigenvalue weighted by Gasteiger charge is -2.05. The first-order valence-corrected chi connectivity index (χ1v) is 8.09. The third-order valence-electron chi connectivity index (χ3n) is 3.20. The summed E-state index contributed by atoms with van der Waals surface area (Å²) >= 11 is 2.28. The molecule has 0 aliphatic heterocycles. The van der Waals surface area contributed by atoms with Gasteiger partial charge in [-0.25, -0.2) is 14.6 Å². The third-order valence-corrected chi connectivity index (χ3v) is 3.92. The van der Waals surface area contributed by atoms with Gasteiger partial charge in [-0.1, -0.05) is 12.1 Å². The highest BCUT2D eigenvalue weighted by Gasteiger charge is 2.03. The minimum atomic E-state index is 0.619. The van der Waals surface area contributed by atoms with Crippen LogP contribution in [-0.2, 0) is 0 Å². The minimum Gasteiger partial charge on any atom is -0.261 e. The number of nitrogens with zero attached hydrogens (tertiary/aromatic N) is 5. The van der Waals surface area contributed by atoms with Crippen LogP contribution in [0.3, 0.4) is 0 Å². The third kappa shape index (κ3) is 3.92. The highest BCUT2D eigenvalue weighted by molar-refractivity contribution is 14.1. The zero-order valence-electron chi connectivity index (χ0n) is 12.7. The normalized spacial score (nSPS) is 11.5. The van der Waals surface area contributed by atoms with Crippen LogP contribution in [0, 0.1) is 10.5 Å². The van der Waals surface area contributed by atoms with Crippen molar-refractivity contribution in [2.45, 2.75) is 13.8 Å². The van der Waals surface area contributed by atoms with Crippen molar-refractivity contribution < 1.29 is 0 Å². The molecule has 7 heteroatoms. The van der Waals surface area contributed by atoms with Gasteiger partial charge >= 0.3 is 0 Å². The summed E-state index contributed by atoms with van der Waals surface area (Å²) in [4.78, 5) is 8.40. The molecule has 3 rings (SSSR count). The van der Waals surface area contributed by atoms with Gasteiger partial charge in [-0.05, 0) is 59.7 Å². The molecule has 116 valence electrons. The minimum absolute atomic E-state index is 0.619. The summed E-state index contributed by atoms with van der Waals surface area (Å²) in [6, 6.07) is 9.99. The predicted molar refractivity (Wildman–Crippen MR) is 98.9 cm³/mol. The molecule has 0 bridgehead atoms. The van der Waals surface area contributed by atoms with E-state index in [-0.39, 0.29) is 0 Å². The number of benzene rings is 1. The number of anilines is 1. The fourth-order valence-electron chi connectivity index (χ4n) is 1.97. The fraction of sp³-hybridized carbons (Fsp3) is 0.125. The smallest absolute Gasteiger partial charge is 0.158 e. The Balaban J connectivity index is 1.78. The fourth-order valence-corrected chi connectivity index (χ4v) is 2.33. The molecule has 3 aromatic rings. The first-order chi connectivity index (χ1) is 11.1. The zero-order valence-corrected chi connectivity index (χ0v) is 14.9. The van der Waals surface area contributed by atoms with Crippen molar-refractivity contribution >= 4 is 34.1 Å². The van der Waals surface area contributed by atoms with Gasteiger partial charge in [0.05, 0.1) is 11.9 Å². The Labute approximate surface area is 147 Å². The summed E-state index contributed by atoms with van der Waals surface area (Å²) in [5.74, 6) is 1.31. The number of hydrazone groups is 1. The molecule has 1 aromatic carbocycles. The summed E-state index contributed by atoms with van der Waals surface area (Å²) in [6.07, 6.45) is 5.19. The number of nitrogens with one attached hydrogen (secondary N) is 1. The van der Waals surface area contributed by atoms with E-state index in [0.29, 0.717) is 11.6 Å². The van der Waals surface area contributed by atoms with E-state index in [2.05, 4.69) is 60.3 Å². The SMILES string of the molecule is CC(=NNc1cc(-n2cc(C)cn2)ncn1)c1ccc(I)cc1. The van der Waals surface area contributed by atoms with Crippen LogP contribution in [0.5, 0.6) is 0 Å². The molecule has 2 heterocycles. The number of hydrogen-bond acceptors (Lipinski definition) is 5. The highest BCUT2D eigenvalue weighted by Crippen LogP contribution is 2.11. The van der Waals surface area contributed by atoms with E-state index >= 15 is 0 Å².